The zero-order valence-corrected chi connectivity index (χ0v) is 25.5. The Bertz CT molecular complexity index is 1620. The van der Waals surface area contributed by atoms with Crippen molar-refractivity contribution in [2.24, 2.45) is 0 Å². The standard InChI is InChI=1S/C38H38O6/c1-25(2)36(39)43-22-20-41-30-17-14-28(15-18-30)38(33-12-8-6-10-31(33)32-11-7-9-13-34(32)38)29-16-19-35(27(5)24-29)42-21-23-44-37(40)26(3)4/h6-19,24,37,40H,1,3,20-23H2,2,4-5H3. The zero-order valence-electron chi connectivity index (χ0n) is 25.5. The van der Waals surface area contributed by atoms with Crippen molar-refractivity contribution in [1.29, 1.82) is 0 Å². The van der Waals surface area contributed by atoms with Crippen LogP contribution in [0, 0.1) is 6.92 Å². The van der Waals surface area contributed by atoms with E-state index < -0.39 is 17.7 Å². The van der Waals surface area contributed by atoms with Crippen molar-refractivity contribution < 1.29 is 28.8 Å². The fraction of sp³-hybridized carbons (Fsp3) is 0.237. The lowest BCUT2D eigenvalue weighted by molar-refractivity contribution is -0.139. The Labute approximate surface area is 259 Å². The van der Waals surface area contributed by atoms with Gasteiger partial charge < -0.3 is 24.1 Å². The summed E-state index contributed by atoms with van der Waals surface area (Å²) in [6, 6.07) is 31.6. The molecular weight excluding hydrogens is 552 g/mol. The van der Waals surface area contributed by atoms with E-state index in [1.807, 2.05) is 25.1 Å². The van der Waals surface area contributed by atoms with Gasteiger partial charge >= 0.3 is 5.97 Å². The number of aryl methyl sites for hydroxylation is 1. The number of ether oxygens (including phenoxy) is 4. The Balaban J connectivity index is 1.48. The van der Waals surface area contributed by atoms with Crippen LogP contribution < -0.4 is 9.47 Å². The molecule has 0 radical (unpaired) electrons. The molecule has 1 N–H and O–H groups in total. The van der Waals surface area contributed by atoms with Crippen molar-refractivity contribution in [3.05, 3.63) is 143 Å². The van der Waals surface area contributed by atoms with E-state index in [1.165, 1.54) is 22.3 Å². The van der Waals surface area contributed by atoms with Gasteiger partial charge in [-0.05, 0) is 83.5 Å². The van der Waals surface area contributed by atoms with Gasteiger partial charge in [0.15, 0.2) is 6.29 Å². The number of esters is 1. The summed E-state index contributed by atoms with van der Waals surface area (Å²) >= 11 is 0. The van der Waals surface area contributed by atoms with Crippen LogP contribution in [0.2, 0.25) is 0 Å². The van der Waals surface area contributed by atoms with E-state index in [0.717, 1.165) is 22.4 Å². The van der Waals surface area contributed by atoms with E-state index in [0.29, 0.717) is 23.5 Å². The summed E-state index contributed by atoms with van der Waals surface area (Å²) < 4.78 is 22.5. The third-order valence-electron chi connectivity index (χ3n) is 7.82. The Morgan fingerprint density at radius 1 is 0.773 bits per heavy atom. The van der Waals surface area contributed by atoms with E-state index in [-0.39, 0.29) is 19.8 Å². The lowest BCUT2D eigenvalue weighted by Gasteiger charge is -2.34. The molecule has 0 bridgehead atoms. The predicted molar refractivity (Wildman–Crippen MR) is 172 cm³/mol. The lowest BCUT2D eigenvalue weighted by atomic mass is 9.67. The van der Waals surface area contributed by atoms with Crippen LogP contribution in [0.15, 0.2) is 115 Å². The Morgan fingerprint density at radius 2 is 1.36 bits per heavy atom. The summed E-state index contributed by atoms with van der Waals surface area (Å²) in [5.41, 5.74) is 8.38. The predicted octanol–water partition coefficient (Wildman–Crippen LogP) is 7.15. The lowest BCUT2D eigenvalue weighted by Crippen LogP contribution is -2.28. The molecule has 44 heavy (non-hydrogen) atoms. The number of rotatable bonds is 13. The first-order valence-corrected chi connectivity index (χ1v) is 14.7. The molecule has 6 nitrogen and oxygen atoms in total. The smallest absolute Gasteiger partial charge is 0.333 e. The summed E-state index contributed by atoms with van der Waals surface area (Å²) in [5.74, 6) is 1.02. The minimum absolute atomic E-state index is 0.145. The molecule has 0 saturated heterocycles. The summed E-state index contributed by atoms with van der Waals surface area (Å²) in [7, 11) is 0. The molecule has 4 aromatic carbocycles. The third-order valence-corrected chi connectivity index (χ3v) is 7.82. The van der Waals surface area contributed by atoms with Crippen LogP contribution in [0.1, 0.15) is 41.7 Å². The second-order valence-electron chi connectivity index (χ2n) is 11.0. The summed E-state index contributed by atoms with van der Waals surface area (Å²) in [6.45, 7) is 13.6. The van der Waals surface area contributed by atoms with E-state index >= 15 is 0 Å². The van der Waals surface area contributed by atoms with Gasteiger partial charge in [-0.15, -0.1) is 0 Å². The SMILES string of the molecule is C=C(C)C(=O)OCCOc1ccc(C2(c3ccc(OCCOC(O)C(=C)C)c(C)c3)c3ccccc3-c3ccccc32)cc1. The molecule has 6 heteroatoms. The molecule has 0 aromatic heterocycles. The largest absolute Gasteiger partial charge is 0.491 e. The quantitative estimate of drug-likeness (QED) is 0.0516. The van der Waals surface area contributed by atoms with E-state index in [4.69, 9.17) is 18.9 Å². The van der Waals surface area contributed by atoms with Crippen molar-refractivity contribution in [1.82, 2.24) is 0 Å². The molecule has 1 aliphatic carbocycles. The minimum atomic E-state index is -1.000. The van der Waals surface area contributed by atoms with Gasteiger partial charge in [-0.1, -0.05) is 86.0 Å². The van der Waals surface area contributed by atoms with Gasteiger partial charge in [-0.2, -0.15) is 0 Å². The molecule has 0 amide bonds. The summed E-state index contributed by atoms with van der Waals surface area (Å²) in [5, 5.41) is 9.84. The van der Waals surface area contributed by atoms with Gasteiger partial charge in [0.05, 0.1) is 12.0 Å². The molecule has 0 spiro atoms. The van der Waals surface area contributed by atoms with Gasteiger partial charge in [-0.25, -0.2) is 4.79 Å². The van der Waals surface area contributed by atoms with Crippen LogP contribution in [0.3, 0.4) is 0 Å². The number of hydrogen-bond donors (Lipinski definition) is 1. The van der Waals surface area contributed by atoms with E-state index in [1.54, 1.807) is 13.8 Å². The minimum Gasteiger partial charge on any atom is -0.491 e. The van der Waals surface area contributed by atoms with Crippen molar-refractivity contribution in [2.75, 3.05) is 26.4 Å². The number of carbonyl (C=O) groups excluding carboxylic acids is 1. The van der Waals surface area contributed by atoms with Crippen molar-refractivity contribution in [2.45, 2.75) is 32.5 Å². The highest BCUT2D eigenvalue weighted by molar-refractivity contribution is 5.87. The van der Waals surface area contributed by atoms with Crippen LogP contribution >= 0.6 is 0 Å². The monoisotopic (exact) mass is 590 g/mol. The van der Waals surface area contributed by atoms with Gasteiger partial charge in [0.1, 0.15) is 31.3 Å². The Hall–Kier alpha value is -4.65. The molecule has 1 aliphatic rings. The first-order chi connectivity index (χ1) is 21.2. The number of carbonyl (C=O) groups is 1. The Morgan fingerprint density at radius 3 is 1.95 bits per heavy atom. The van der Waals surface area contributed by atoms with Crippen molar-refractivity contribution in [3.8, 4) is 22.6 Å². The zero-order chi connectivity index (χ0) is 31.3. The highest BCUT2D eigenvalue weighted by Crippen LogP contribution is 2.56. The first-order valence-electron chi connectivity index (χ1n) is 14.7. The fourth-order valence-corrected chi connectivity index (χ4v) is 5.74. The van der Waals surface area contributed by atoms with E-state index in [2.05, 4.69) is 86.0 Å². The number of aliphatic hydroxyl groups excluding tert-OH is 1. The van der Waals surface area contributed by atoms with Gasteiger partial charge in [-0.3, -0.25) is 0 Å². The summed E-state index contributed by atoms with van der Waals surface area (Å²) in [6.07, 6.45) is -1.000. The highest BCUT2D eigenvalue weighted by atomic mass is 16.6. The van der Waals surface area contributed by atoms with Crippen LogP contribution in [0.5, 0.6) is 11.5 Å². The molecular formula is C38H38O6. The topological polar surface area (TPSA) is 74.2 Å². The maximum Gasteiger partial charge on any atom is 0.333 e. The second-order valence-corrected chi connectivity index (χ2v) is 11.0. The average molecular weight is 591 g/mol. The Kier molecular flexibility index (Phi) is 9.33. The number of aliphatic hydroxyl groups is 1. The normalized spacial score (nSPS) is 13.4. The fourth-order valence-electron chi connectivity index (χ4n) is 5.74. The van der Waals surface area contributed by atoms with Gasteiger partial charge in [0.25, 0.3) is 0 Å². The van der Waals surface area contributed by atoms with Crippen LogP contribution in [0.4, 0.5) is 0 Å². The molecule has 5 rings (SSSR count). The molecule has 0 fully saturated rings. The van der Waals surface area contributed by atoms with E-state index in [9.17, 15) is 9.90 Å². The van der Waals surface area contributed by atoms with Crippen molar-refractivity contribution in [3.63, 3.8) is 0 Å². The summed E-state index contributed by atoms with van der Waals surface area (Å²) in [4.78, 5) is 11.7. The van der Waals surface area contributed by atoms with Crippen LogP contribution in [0.25, 0.3) is 11.1 Å². The first kappa shape index (κ1) is 30.8. The number of fused-ring (bicyclic) bond motifs is 3. The van der Waals surface area contributed by atoms with Gasteiger partial charge in [0.2, 0.25) is 0 Å². The van der Waals surface area contributed by atoms with Gasteiger partial charge in [0, 0.05) is 5.57 Å². The number of benzene rings is 4. The highest BCUT2D eigenvalue weighted by Gasteiger charge is 2.46. The van der Waals surface area contributed by atoms with Crippen LogP contribution in [-0.4, -0.2) is 43.8 Å². The molecule has 0 aliphatic heterocycles. The average Bonchev–Trinajstić information content (AvgIpc) is 3.33. The van der Waals surface area contributed by atoms with Crippen LogP contribution in [-0.2, 0) is 19.7 Å². The molecule has 0 heterocycles. The van der Waals surface area contributed by atoms with Crippen molar-refractivity contribution >= 4 is 5.97 Å². The molecule has 1 unspecified atom stereocenters. The molecule has 4 aromatic rings. The molecule has 0 saturated carbocycles. The maximum absolute atomic E-state index is 11.7. The molecule has 1 atom stereocenters. The third kappa shape index (κ3) is 6.05. The molecule has 226 valence electrons. The maximum atomic E-state index is 11.7. The number of hydrogen-bond acceptors (Lipinski definition) is 6. The second kappa shape index (κ2) is 13.3.